The Hall–Kier alpha value is -1.10. The third-order valence-electron chi connectivity index (χ3n) is 3.19. The van der Waals surface area contributed by atoms with Crippen LogP contribution in [-0.4, -0.2) is 16.7 Å². The van der Waals surface area contributed by atoms with Crippen LogP contribution in [0.3, 0.4) is 0 Å². The first-order valence-electron chi connectivity index (χ1n) is 5.53. The molecule has 1 aliphatic carbocycles. The van der Waals surface area contributed by atoms with Gasteiger partial charge in [0.15, 0.2) is 5.82 Å². The molecule has 1 aliphatic rings. The SMILES string of the molecule is NCC1CCCC(Cc2noc(=O)[nH]2)C1. The monoisotopic (exact) mass is 211 g/mol. The van der Waals surface area contributed by atoms with E-state index >= 15 is 0 Å². The molecule has 1 saturated carbocycles. The standard InChI is InChI=1S/C10H17N3O2/c11-6-8-3-1-2-7(4-8)5-9-12-10(14)15-13-9/h7-8H,1-6,11H2,(H,12,13,14). The van der Waals surface area contributed by atoms with Gasteiger partial charge in [0.05, 0.1) is 0 Å². The Labute approximate surface area is 88.0 Å². The van der Waals surface area contributed by atoms with E-state index in [0.29, 0.717) is 17.7 Å². The van der Waals surface area contributed by atoms with Gasteiger partial charge in [0.2, 0.25) is 0 Å². The molecule has 3 N–H and O–H groups in total. The van der Waals surface area contributed by atoms with Gasteiger partial charge in [-0.2, -0.15) is 0 Å². The van der Waals surface area contributed by atoms with Crippen LogP contribution < -0.4 is 11.5 Å². The molecule has 2 rings (SSSR count). The van der Waals surface area contributed by atoms with Gasteiger partial charge >= 0.3 is 5.76 Å². The zero-order valence-corrected chi connectivity index (χ0v) is 8.74. The minimum Gasteiger partial charge on any atom is -0.330 e. The zero-order chi connectivity index (χ0) is 10.7. The van der Waals surface area contributed by atoms with Gasteiger partial charge in [-0.15, -0.1) is 0 Å². The highest BCUT2D eigenvalue weighted by molar-refractivity contribution is 4.85. The van der Waals surface area contributed by atoms with Gasteiger partial charge in [-0.3, -0.25) is 9.51 Å². The summed E-state index contributed by atoms with van der Waals surface area (Å²) >= 11 is 0. The normalized spacial score (nSPS) is 26.7. The van der Waals surface area contributed by atoms with Crippen molar-refractivity contribution in [3.63, 3.8) is 0 Å². The van der Waals surface area contributed by atoms with Crippen LogP contribution in [0.25, 0.3) is 0 Å². The number of aromatic nitrogens is 2. The Morgan fingerprint density at radius 2 is 2.27 bits per heavy atom. The molecular formula is C10H17N3O2. The molecule has 0 amide bonds. The molecule has 0 saturated heterocycles. The van der Waals surface area contributed by atoms with E-state index in [1.807, 2.05) is 0 Å². The van der Waals surface area contributed by atoms with Crippen LogP contribution in [0, 0.1) is 11.8 Å². The number of hydrogen-bond donors (Lipinski definition) is 2. The predicted octanol–water partition coefficient (Wildman–Crippen LogP) is 0.671. The van der Waals surface area contributed by atoms with Gasteiger partial charge in [-0.05, 0) is 37.6 Å². The van der Waals surface area contributed by atoms with E-state index in [9.17, 15) is 4.79 Å². The number of H-pyrrole nitrogens is 1. The van der Waals surface area contributed by atoms with Crippen LogP contribution in [0.5, 0.6) is 0 Å². The van der Waals surface area contributed by atoms with Crippen molar-refractivity contribution in [2.24, 2.45) is 17.6 Å². The molecule has 0 bridgehead atoms. The first-order valence-corrected chi connectivity index (χ1v) is 5.53. The second kappa shape index (κ2) is 4.61. The average Bonchev–Trinajstić information content (AvgIpc) is 2.64. The maximum atomic E-state index is 10.7. The molecule has 84 valence electrons. The minimum absolute atomic E-state index is 0.462. The number of nitrogens with zero attached hydrogens (tertiary/aromatic N) is 1. The summed E-state index contributed by atoms with van der Waals surface area (Å²) in [4.78, 5) is 13.3. The molecule has 5 nitrogen and oxygen atoms in total. The molecule has 5 heteroatoms. The Balaban J connectivity index is 1.91. The number of nitrogens with two attached hydrogens (primary N) is 1. The lowest BCUT2D eigenvalue weighted by molar-refractivity contribution is 0.265. The highest BCUT2D eigenvalue weighted by Gasteiger charge is 2.22. The number of rotatable bonds is 3. The first kappa shape index (κ1) is 10.4. The van der Waals surface area contributed by atoms with Crippen LogP contribution in [0.1, 0.15) is 31.5 Å². The van der Waals surface area contributed by atoms with E-state index in [-0.39, 0.29) is 0 Å². The van der Waals surface area contributed by atoms with Crippen LogP contribution in [-0.2, 0) is 6.42 Å². The molecule has 1 aromatic heterocycles. The van der Waals surface area contributed by atoms with Crippen molar-refractivity contribution in [2.75, 3.05) is 6.54 Å². The number of aromatic amines is 1. The fourth-order valence-electron chi connectivity index (χ4n) is 2.42. The predicted molar refractivity (Wildman–Crippen MR) is 55.3 cm³/mol. The van der Waals surface area contributed by atoms with Crippen molar-refractivity contribution in [1.29, 1.82) is 0 Å². The summed E-state index contributed by atoms with van der Waals surface area (Å²) in [5, 5.41) is 3.69. The van der Waals surface area contributed by atoms with Crippen molar-refractivity contribution >= 4 is 0 Å². The van der Waals surface area contributed by atoms with E-state index in [1.54, 1.807) is 0 Å². The molecule has 0 aliphatic heterocycles. The highest BCUT2D eigenvalue weighted by Crippen LogP contribution is 2.29. The fourth-order valence-corrected chi connectivity index (χ4v) is 2.42. The molecule has 1 aromatic rings. The minimum atomic E-state index is -0.462. The lowest BCUT2D eigenvalue weighted by Gasteiger charge is -2.27. The van der Waals surface area contributed by atoms with E-state index in [4.69, 9.17) is 5.73 Å². The molecule has 2 atom stereocenters. The third-order valence-corrected chi connectivity index (χ3v) is 3.19. The lowest BCUT2D eigenvalue weighted by Crippen LogP contribution is -2.23. The Morgan fingerprint density at radius 1 is 1.47 bits per heavy atom. The topological polar surface area (TPSA) is 84.9 Å². The van der Waals surface area contributed by atoms with Gasteiger partial charge in [0, 0.05) is 6.42 Å². The van der Waals surface area contributed by atoms with Gasteiger partial charge < -0.3 is 5.73 Å². The van der Waals surface area contributed by atoms with Gasteiger partial charge in [-0.25, -0.2) is 4.79 Å². The fraction of sp³-hybridized carbons (Fsp3) is 0.800. The Kier molecular flexibility index (Phi) is 3.20. The lowest BCUT2D eigenvalue weighted by atomic mass is 9.80. The summed E-state index contributed by atoms with van der Waals surface area (Å²) < 4.78 is 4.47. The zero-order valence-electron chi connectivity index (χ0n) is 8.74. The molecule has 0 aromatic carbocycles. The maximum absolute atomic E-state index is 10.7. The van der Waals surface area contributed by atoms with E-state index in [1.165, 1.54) is 19.3 Å². The quantitative estimate of drug-likeness (QED) is 0.769. The van der Waals surface area contributed by atoms with Gasteiger partial charge in [0.1, 0.15) is 0 Å². The van der Waals surface area contributed by atoms with Crippen molar-refractivity contribution < 1.29 is 4.52 Å². The largest absolute Gasteiger partial charge is 0.438 e. The molecular weight excluding hydrogens is 194 g/mol. The summed E-state index contributed by atoms with van der Waals surface area (Å²) in [6.07, 6.45) is 5.62. The second-order valence-corrected chi connectivity index (χ2v) is 4.38. The van der Waals surface area contributed by atoms with Crippen molar-refractivity contribution in [2.45, 2.75) is 32.1 Å². The number of hydrogen-bond acceptors (Lipinski definition) is 4. The molecule has 0 spiro atoms. The molecule has 15 heavy (non-hydrogen) atoms. The summed E-state index contributed by atoms with van der Waals surface area (Å²) in [5.74, 6) is 1.44. The third kappa shape index (κ3) is 2.68. The van der Waals surface area contributed by atoms with Gasteiger partial charge in [0.25, 0.3) is 0 Å². The van der Waals surface area contributed by atoms with Crippen molar-refractivity contribution in [1.82, 2.24) is 10.1 Å². The summed E-state index contributed by atoms with van der Waals surface area (Å²) in [5.41, 5.74) is 5.67. The van der Waals surface area contributed by atoms with Gasteiger partial charge in [-0.1, -0.05) is 11.6 Å². The second-order valence-electron chi connectivity index (χ2n) is 4.38. The summed E-state index contributed by atoms with van der Waals surface area (Å²) in [6, 6.07) is 0. The Morgan fingerprint density at radius 3 is 2.93 bits per heavy atom. The van der Waals surface area contributed by atoms with Crippen LogP contribution in [0.15, 0.2) is 9.32 Å². The first-order chi connectivity index (χ1) is 7.28. The Bertz CT molecular complexity index is 358. The van der Waals surface area contributed by atoms with Crippen molar-refractivity contribution in [3.05, 3.63) is 16.4 Å². The maximum Gasteiger partial charge on any atom is 0.438 e. The smallest absolute Gasteiger partial charge is 0.330 e. The molecule has 0 radical (unpaired) electrons. The molecule has 1 fully saturated rings. The van der Waals surface area contributed by atoms with Crippen LogP contribution in [0.4, 0.5) is 0 Å². The van der Waals surface area contributed by atoms with Crippen LogP contribution in [0.2, 0.25) is 0 Å². The van der Waals surface area contributed by atoms with Crippen molar-refractivity contribution in [3.8, 4) is 0 Å². The highest BCUT2D eigenvalue weighted by atomic mass is 16.5. The summed E-state index contributed by atoms with van der Waals surface area (Å²) in [6.45, 7) is 0.770. The van der Waals surface area contributed by atoms with E-state index in [0.717, 1.165) is 19.4 Å². The van der Waals surface area contributed by atoms with E-state index in [2.05, 4.69) is 14.7 Å². The average molecular weight is 211 g/mol. The molecule has 1 heterocycles. The van der Waals surface area contributed by atoms with E-state index < -0.39 is 5.76 Å². The number of nitrogens with one attached hydrogen (secondary N) is 1. The molecule has 2 unspecified atom stereocenters. The van der Waals surface area contributed by atoms with Crippen LogP contribution >= 0.6 is 0 Å². The summed E-state index contributed by atoms with van der Waals surface area (Å²) in [7, 11) is 0.